The van der Waals surface area contributed by atoms with E-state index in [4.69, 9.17) is 4.74 Å². The summed E-state index contributed by atoms with van der Waals surface area (Å²) in [6, 6.07) is 21.7. The average Bonchev–Trinajstić information content (AvgIpc) is 2.94. The molecule has 226 valence electrons. The number of rotatable bonds is 14. The van der Waals surface area contributed by atoms with Gasteiger partial charge in [-0.1, -0.05) is 48.5 Å². The third-order valence-corrected chi connectivity index (χ3v) is 8.31. The molecular weight excluding hydrogens is 550 g/mol. The number of hydrogen-bond acceptors (Lipinski definition) is 5. The molecule has 3 rings (SSSR count). The number of carbonyl (C=O) groups excluding carboxylic acids is 2. The molecule has 3 aromatic carbocycles. The fourth-order valence-electron chi connectivity index (χ4n) is 4.79. The lowest BCUT2D eigenvalue weighted by Crippen LogP contribution is -2.51. The molecule has 9 heteroatoms. The highest BCUT2D eigenvalue weighted by Crippen LogP contribution is 2.23. The Balaban J connectivity index is 1.90. The molecule has 0 aliphatic rings. The average molecular weight is 594 g/mol. The molecule has 0 spiro atoms. The van der Waals surface area contributed by atoms with E-state index in [1.54, 1.807) is 18.1 Å². The van der Waals surface area contributed by atoms with Crippen molar-refractivity contribution in [2.24, 2.45) is 0 Å². The van der Waals surface area contributed by atoms with E-state index < -0.39 is 16.1 Å². The van der Waals surface area contributed by atoms with Gasteiger partial charge in [-0.25, -0.2) is 8.42 Å². The van der Waals surface area contributed by atoms with Crippen LogP contribution in [-0.4, -0.2) is 57.1 Å². The Morgan fingerprint density at radius 3 is 2.21 bits per heavy atom. The van der Waals surface area contributed by atoms with Crippen molar-refractivity contribution in [3.8, 4) is 5.75 Å². The Morgan fingerprint density at radius 1 is 0.905 bits per heavy atom. The van der Waals surface area contributed by atoms with Crippen LogP contribution in [0.25, 0.3) is 0 Å². The topological polar surface area (TPSA) is 96.0 Å². The molecule has 0 heterocycles. The minimum atomic E-state index is -3.58. The lowest BCUT2D eigenvalue weighted by Gasteiger charge is -2.32. The summed E-state index contributed by atoms with van der Waals surface area (Å²) in [7, 11) is -1.99. The highest BCUT2D eigenvalue weighted by atomic mass is 32.2. The second-order valence-corrected chi connectivity index (χ2v) is 12.9. The zero-order valence-corrected chi connectivity index (χ0v) is 26.3. The van der Waals surface area contributed by atoms with Crippen molar-refractivity contribution >= 4 is 27.5 Å². The van der Waals surface area contributed by atoms with E-state index >= 15 is 0 Å². The quantitative estimate of drug-likeness (QED) is 0.283. The molecule has 0 aliphatic carbocycles. The van der Waals surface area contributed by atoms with Gasteiger partial charge in [-0.05, 0) is 80.6 Å². The number of methoxy groups -OCH3 is 1. The van der Waals surface area contributed by atoms with Crippen LogP contribution in [-0.2, 0) is 32.6 Å². The summed E-state index contributed by atoms with van der Waals surface area (Å²) in [6.07, 6.45) is 1.87. The minimum Gasteiger partial charge on any atom is -0.497 e. The van der Waals surface area contributed by atoms with Crippen molar-refractivity contribution in [3.63, 3.8) is 0 Å². The van der Waals surface area contributed by atoms with E-state index in [0.29, 0.717) is 17.9 Å². The highest BCUT2D eigenvalue weighted by Gasteiger charge is 2.31. The van der Waals surface area contributed by atoms with Gasteiger partial charge < -0.3 is 15.0 Å². The van der Waals surface area contributed by atoms with Gasteiger partial charge in [0, 0.05) is 32.0 Å². The lowest BCUT2D eigenvalue weighted by atomic mass is 10.0. The fraction of sp³-hybridized carbons (Fsp3) is 0.394. The molecule has 2 amide bonds. The Labute approximate surface area is 250 Å². The molecule has 0 fully saturated rings. The normalized spacial score (nSPS) is 12.1. The summed E-state index contributed by atoms with van der Waals surface area (Å²) in [4.78, 5) is 29.1. The monoisotopic (exact) mass is 593 g/mol. The first kappa shape index (κ1) is 32.7. The number of anilines is 1. The van der Waals surface area contributed by atoms with Crippen LogP contribution >= 0.6 is 0 Å². The van der Waals surface area contributed by atoms with Crippen LogP contribution in [0.2, 0.25) is 0 Å². The number of nitrogens with zero attached hydrogens (tertiary/aromatic N) is 2. The smallest absolute Gasteiger partial charge is 0.243 e. The number of nitrogens with one attached hydrogen (secondary N) is 1. The van der Waals surface area contributed by atoms with Crippen LogP contribution in [0.5, 0.6) is 5.75 Å². The number of aryl methyl sites for hydroxylation is 2. The summed E-state index contributed by atoms with van der Waals surface area (Å²) >= 11 is 0. The van der Waals surface area contributed by atoms with Gasteiger partial charge in [0.2, 0.25) is 21.8 Å². The van der Waals surface area contributed by atoms with Gasteiger partial charge in [-0.15, -0.1) is 0 Å². The maximum absolute atomic E-state index is 13.9. The minimum absolute atomic E-state index is 0.0705. The van der Waals surface area contributed by atoms with Crippen molar-refractivity contribution < 1.29 is 22.7 Å². The van der Waals surface area contributed by atoms with E-state index in [-0.39, 0.29) is 43.8 Å². The van der Waals surface area contributed by atoms with Crippen LogP contribution in [0.3, 0.4) is 0 Å². The van der Waals surface area contributed by atoms with Gasteiger partial charge in [-0.3, -0.25) is 13.9 Å². The van der Waals surface area contributed by atoms with E-state index in [0.717, 1.165) is 22.3 Å². The largest absolute Gasteiger partial charge is 0.497 e. The number of hydrogen-bond donors (Lipinski definition) is 1. The Morgan fingerprint density at radius 2 is 1.60 bits per heavy atom. The molecule has 1 N–H and O–H groups in total. The van der Waals surface area contributed by atoms with E-state index in [1.807, 2.05) is 94.4 Å². The first-order chi connectivity index (χ1) is 19.9. The van der Waals surface area contributed by atoms with Gasteiger partial charge in [0.15, 0.2) is 0 Å². The van der Waals surface area contributed by atoms with Gasteiger partial charge in [-0.2, -0.15) is 0 Å². The van der Waals surface area contributed by atoms with Crippen LogP contribution in [0.4, 0.5) is 5.69 Å². The number of ether oxygens (including phenoxy) is 1. The molecule has 42 heavy (non-hydrogen) atoms. The summed E-state index contributed by atoms with van der Waals surface area (Å²) in [5, 5.41) is 2.99. The first-order valence-electron chi connectivity index (χ1n) is 14.2. The van der Waals surface area contributed by atoms with E-state index in [2.05, 4.69) is 5.32 Å². The number of benzene rings is 3. The van der Waals surface area contributed by atoms with Crippen molar-refractivity contribution in [2.75, 3.05) is 24.2 Å². The van der Waals surface area contributed by atoms with Gasteiger partial charge in [0.05, 0.1) is 19.1 Å². The van der Waals surface area contributed by atoms with E-state index in [9.17, 15) is 18.0 Å². The van der Waals surface area contributed by atoms with Crippen molar-refractivity contribution in [1.29, 1.82) is 0 Å². The zero-order chi connectivity index (χ0) is 30.9. The van der Waals surface area contributed by atoms with Crippen molar-refractivity contribution in [3.05, 3.63) is 95.1 Å². The summed E-state index contributed by atoms with van der Waals surface area (Å²) in [6.45, 7) is 8.03. The predicted molar refractivity (Wildman–Crippen MR) is 168 cm³/mol. The summed E-state index contributed by atoms with van der Waals surface area (Å²) in [5.74, 6) is 0.188. The van der Waals surface area contributed by atoms with Crippen LogP contribution in [0, 0.1) is 13.8 Å². The third-order valence-electron chi connectivity index (χ3n) is 7.12. The third kappa shape index (κ3) is 9.34. The molecule has 0 aliphatic heterocycles. The van der Waals surface area contributed by atoms with Gasteiger partial charge >= 0.3 is 0 Å². The SMILES string of the molecule is COc1cccc(CN(C(=O)CCCN(c2ccc(C)c(C)c2)S(C)(=O)=O)[C@@H](Cc2ccccc2)C(=O)NC(C)C)c1. The lowest BCUT2D eigenvalue weighted by molar-refractivity contribution is -0.141. The molecule has 0 saturated heterocycles. The van der Waals surface area contributed by atoms with Gasteiger partial charge in [0.1, 0.15) is 11.8 Å². The molecule has 0 bridgehead atoms. The molecule has 0 saturated carbocycles. The van der Waals surface area contributed by atoms with Crippen molar-refractivity contribution in [2.45, 2.75) is 65.6 Å². The summed E-state index contributed by atoms with van der Waals surface area (Å²) < 4.78 is 32.1. The molecule has 0 aromatic heterocycles. The highest BCUT2D eigenvalue weighted by molar-refractivity contribution is 7.92. The number of carbonyl (C=O) groups is 2. The first-order valence-corrected chi connectivity index (χ1v) is 16.1. The Hall–Kier alpha value is -3.85. The molecular formula is C33H43N3O5S. The standard InChI is InChI=1S/C33H43N3O5S/c1-24(2)34-33(38)31(22-27-12-8-7-9-13-27)35(23-28-14-10-15-30(21-28)41-5)32(37)16-11-19-36(42(6,39)40)29-18-17-25(3)26(4)20-29/h7-10,12-15,17-18,20-21,24,31H,11,16,19,22-23H2,1-6H3,(H,34,38)/t31-/m0/s1. The molecule has 1 atom stereocenters. The Kier molecular flexibility index (Phi) is 11.6. The van der Waals surface area contributed by atoms with E-state index in [1.165, 1.54) is 10.6 Å². The number of amides is 2. The number of sulfonamides is 1. The second kappa shape index (κ2) is 14.9. The fourth-order valence-corrected chi connectivity index (χ4v) is 5.74. The van der Waals surface area contributed by atoms with Crippen molar-refractivity contribution in [1.82, 2.24) is 10.2 Å². The Bertz CT molecular complexity index is 1460. The predicted octanol–water partition coefficient (Wildman–Crippen LogP) is 5.02. The maximum atomic E-state index is 13.9. The zero-order valence-electron chi connectivity index (χ0n) is 25.5. The second-order valence-electron chi connectivity index (χ2n) is 10.9. The summed E-state index contributed by atoms with van der Waals surface area (Å²) in [5.41, 5.74) is 4.38. The molecule has 0 unspecified atom stereocenters. The molecule has 3 aromatic rings. The van der Waals surface area contributed by atoms with Crippen LogP contribution in [0.1, 0.15) is 48.9 Å². The maximum Gasteiger partial charge on any atom is 0.243 e. The molecule has 8 nitrogen and oxygen atoms in total. The molecule has 0 radical (unpaired) electrons. The van der Waals surface area contributed by atoms with Crippen LogP contribution in [0.15, 0.2) is 72.8 Å². The van der Waals surface area contributed by atoms with Crippen LogP contribution < -0.4 is 14.4 Å². The van der Waals surface area contributed by atoms with Gasteiger partial charge in [0.25, 0.3) is 0 Å².